The number of benzene rings is 2. The lowest BCUT2D eigenvalue weighted by Crippen LogP contribution is -2.06. The van der Waals surface area contributed by atoms with Gasteiger partial charge in [0.15, 0.2) is 5.43 Å². The summed E-state index contributed by atoms with van der Waals surface area (Å²) in [7, 11) is 0. The maximum atomic E-state index is 13.7. The van der Waals surface area contributed by atoms with Crippen molar-refractivity contribution < 1.29 is 8.78 Å². The zero-order valence-electron chi connectivity index (χ0n) is 10.7. The number of fused-ring (bicyclic) bond motifs is 1. The summed E-state index contributed by atoms with van der Waals surface area (Å²) in [6, 6.07) is 11.6. The van der Waals surface area contributed by atoms with Gasteiger partial charge >= 0.3 is 0 Å². The summed E-state index contributed by atoms with van der Waals surface area (Å²) in [5.41, 5.74) is 0.703. The van der Waals surface area contributed by atoms with Crippen molar-refractivity contribution in [2.24, 2.45) is 0 Å². The van der Waals surface area contributed by atoms with Crippen molar-refractivity contribution in [2.75, 3.05) is 0 Å². The van der Waals surface area contributed by atoms with Gasteiger partial charge in [0.2, 0.25) is 0 Å². The van der Waals surface area contributed by atoms with Crippen molar-refractivity contribution in [3.05, 3.63) is 69.9 Å². The molecule has 0 saturated carbocycles. The number of pyridine rings is 1. The molecule has 0 bridgehead atoms. The molecule has 0 radical (unpaired) electrons. The number of nitrogens with zero attached hydrogens (tertiary/aromatic N) is 1. The first-order valence-electron chi connectivity index (χ1n) is 6.12. The van der Waals surface area contributed by atoms with E-state index in [2.05, 4.69) is 4.98 Å². The lowest BCUT2D eigenvalue weighted by Gasteiger charge is -2.07. The average Bonchev–Trinajstić information content (AvgIpc) is 2.45. The fourth-order valence-corrected chi connectivity index (χ4v) is 2.27. The Morgan fingerprint density at radius 3 is 2.62 bits per heavy atom. The van der Waals surface area contributed by atoms with E-state index >= 15 is 0 Å². The Morgan fingerprint density at radius 2 is 1.86 bits per heavy atom. The number of rotatable bonds is 1. The molecule has 5 heteroatoms. The number of H-pyrrole nitrogens is 1. The third-order valence-corrected chi connectivity index (χ3v) is 3.18. The number of nitriles is 1. The van der Waals surface area contributed by atoms with Crippen molar-refractivity contribution in [3.8, 4) is 17.3 Å². The fourth-order valence-electron chi connectivity index (χ4n) is 2.27. The van der Waals surface area contributed by atoms with Crippen LogP contribution < -0.4 is 5.43 Å². The van der Waals surface area contributed by atoms with Gasteiger partial charge in [0.25, 0.3) is 0 Å². The van der Waals surface area contributed by atoms with Gasteiger partial charge in [0, 0.05) is 17.7 Å². The summed E-state index contributed by atoms with van der Waals surface area (Å²) in [6.45, 7) is 0. The van der Waals surface area contributed by atoms with Crippen LogP contribution in [0, 0.1) is 23.0 Å². The van der Waals surface area contributed by atoms with Crippen LogP contribution >= 0.6 is 0 Å². The van der Waals surface area contributed by atoms with Gasteiger partial charge in [-0.2, -0.15) is 5.26 Å². The molecule has 2 aromatic carbocycles. The minimum absolute atomic E-state index is 0.0581. The van der Waals surface area contributed by atoms with E-state index in [0.717, 1.165) is 6.07 Å². The third-order valence-electron chi connectivity index (χ3n) is 3.18. The highest BCUT2D eigenvalue weighted by Crippen LogP contribution is 2.23. The first kappa shape index (κ1) is 13.0. The Kier molecular flexibility index (Phi) is 2.99. The minimum Gasteiger partial charge on any atom is -0.354 e. The number of nitrogens with one attached hydrogen (secondary N) is 1. The van der Waals surface area contributed by atoms with Crippen molar-refractivity contribution in [1.82, 2.24) is 4.98 Å². The standard InChI is InChI=1S/C16H8F2N2O/c17-10-5-12(18)16-14(6-10)20-13(7-15(16)21)11-4-2-1-3-9(11)8-19/h1-7H,(H,20,21). The SMILES string of the molecule is N#Cc1ccccc1-c1cc(=O)c2c(F)cc(F)cc2[nH]1. The van der Waals surface area contributed by atoms with E-state index in [4.69, 9.17) is 5.26 Å². The van der Waals surface area contributed by atoms with Gasteiger partial charge in [0.05, 0.1) is 28.2 Å². The van der Waals surface area contributed by atoms with Crippen LogP contribution in [0.2, 0.25) is 0 Å². The molecule has 21 heavy (non-hydrogen) atoms. The Morgan fingerprint density at radius 1 is 1.10 bits per heavy atom. The van der Waals surface area contributed by atoms with Gasteiger partial charge in [0.1, 0.15) is 11.6 Å². The Labute approximate surface area is 118 Å². The quantitative estimate of drug-likeness (QED) is 0.744. The van der Waals surface area contributed by atoms with Crippen LogP contribution in [0.15, 0.2) is 47.3 Å². The normalized spacial score (nSPS) is 10.5. The Bertz CT molecular complexity index is 955. The van der Waals surface area contributed by atoms with Crippen LogP contribution in [0.1, 0.15) is 5.56 Å². The average molecular weight is 282 g/mol. The van der Waals surface area contributed by atoms with Gasteiger partial charge < -0.3 is 4.98 Å². The zero-order chi connectivity index (χ0) is 15.0. The van der Waals surface area contributed by atoms with Gasteiger partial charge in [-0.25, -0.2) is 8.78 Å². The maximum Gasteiger partial charge on any atom is 0.192 e. The maximum absolute atomic E-state index is 13.7. The lowest BCUT2D eigenvalue weighted by molar-refractivity contribution is 0.591. The van der Waals surface area contributed by atoms with Crippen molar-refractivity contribution in [3.63, 3.8) is 0 Å². The number of hydrogen-bond acceptors (Lipinski definition) is 2. The summed E-state index contributed by atoms with van der Waals surface area (Å²) in [5.74, 6) is -1.69. The van der Waals surface area contributed by atoms with E-state index in [1.807, 2.05) is 6.07 Å². The molecule has 0 aliphatic heterocycles. The van der Waals surface area contributed by atoms with Crippen LogP contribution in [0.3, 0.4) is 0 Å². The smallest absolute Gasteiger partial charge is 0.192 e. The van der Waals surface area contributed by atoms with Crippen LogP contribution in [0.4, 0.5) is 8.78 Å². The van der Waals surface area contributed by atoms with Crippen LogP contribution in [0.25, 0.3) is 22.2 Å². The molecular weight excluding hydrogens is 274 g/mol. The molecule has 0 aliphatic rings. The third kappa shape index (κ3) is 2.17. The summed E-state index contributed by atoms with van der Waals surface area (Å²) < 4.78 is 27.0. The molecule has 102 valence electrons. The molecule has 1 aromatic heterocycles. The summed E-state index contributed by atoms with van der Waals surface area (Å²) in [5, 5.41) is 8.89. The Hall–Kier alpha value is -3.00. The number of hydrogen-bond donors (Lipinski definition) is 1. The highest BCUT2D eigenvalue weighted by molar-refractivity contribution is 5.82. The molecule has 3 rings (SSSR count). The number of aromatic amines is 1. The Balaban J connectivity index is 2.36. The second-order valence-electron chi connectivity index (χ2n) is 4.51. The lowest BCUT2D eigenvalue weighted by atomic mass is 10.0. The molecule has 0 aliphatic carbocycles. The van der Waals surface area contributed by atoms with Crippen molar-refractivity contribution in [2.45, 2.75) is 0 Å². The first-order chi connectivity index (χ1) is 10.1. The molecule has 0 fully saturated rings. The first-order valence-corrected chi connectivity index (χ1v) is 6.12. The van der Waals surface area contributed by atoms with Gasteiger partial charge in [-0.15, -0.1) is 0 Å². The largest absolute Gasteiger partial charge is 0.354 e. The summed E-state index contributed by atoms with van der Waals surface area (Å²) in [4.78, 5) is 14.8. The van der Waals surface area contributed by atoms with Crippen LogP contribution in [-0.2, 0) is 0 Å². The van der Waals surface area contributed by atoms with Gasteiger partial charge in [-0.05, 0) is 12.1 Å². The molecule has 3 nitrogen and oxygen atoms in total. The fraction of sp³-hybridized carbons (Fsp3) is 0. The predicted molar refractivity (Wildman–Crippen MR) is 74.6 cm³/mol. The zero-order valence-corrected chi connectivity index (χ0v) is 10.7. The molecular formula is C16H8F2N2O. The summed E-state index contributed by atoms with van der Waals surface area (Å²) in [6.07, 6.45) is 0. The molecule has 0 unspecified atom stereocenters. The van der Waals surface area contributed by atoms with Crippen LogP contribution in [0.5, 0.6) is 0 Å². The highest BCUT2D eigenvalue weighted by atomic mass is 19.1. The molecule has 3 aromatic rings. The number of aromatic nitrogens is 1. The molecule has 0 spiro atoms. The van der Waals surface area contributed by atoms with Gasteiger partial charge in [-0.1, -0.05) is 18.2 Å². The van der Waals surface area contributed by atoms with E-state index in [0.29, 0.717) is 22.9 Å². The van der Waals surface area contributed by atoms with E-state index in [9.17, 15) is 13.6 Å². The number of halogens is 2. The molecule has 0 saturated heterocycles. The second-order valence-corrected chi connectivity index (χ2v) is 4.51. The summed E-state index contributed by atoms with van der Waals surface area (Å²) >= 11 is 0. The topological polar surface area (TPSA) is 56.6 Å². The minimum atomic E-state index is -0.911. The molecule has 1 heterocycles. The predicted octanol–water partition coefficient (Wildman–Crippen LogP) is 3.34. The van der Waals surface area contributed by atoms with Crippen molar-refractivity contribution >= 4 is 10.9 Å². The van der Waals surface area contributed by atoms with Crippen LogP contribution in [-0.4, -0.2) is 4.98 Å². The van der Waals surface area contributed by atoms with E-state index in [1.54, 1.807) is 24.3 Å². The van der Waals surface area contributed by atoms with E-state index in [1.165, 1.54) is 6.07 Å². The molecule has 1 N–H and O–H groups in total. The van der Waals surface area contributed by atoms with E-state index < -0.39 is 17.1 Å². The van der Waals surface area contributed by atoms with Gasteiger partial charge in [-0.3, -0.25) is 4.79 Å². The molecule has 0 amide bonds. The highest BCUT2D eigenvalue weighted by Gasteiger charge is 2.12. The van der Waals surface area contributed by atoms with Crippen molar-refractivity contribution in [1.29, 1.82) is 5.26 Å². The van der Waals surface area contributed by atoms with E-state index in [-0.39, 0.29) is 10.9 Å². The molecule has 0 atom stereocenters. The monoisotopic (exact) mass is 282 g/mol. The second kappa shape index (κ2) is 4.84.